The maximum atomic E-state index is 14.8. The number of hydrogen-bond acceptors (Lipinski definition) is 5. The number of rotatable bonds is 5. The third-order valence-corrected chi connectivity index (χ3v) is 6.22. The Morgan fingerprint density at radius 3 is 2.82 bits per heavy atom. The molecule has 9 heteroatoms. The lowest BCUT2D eigenvalue weighted by atomic mass is 10.1. The van der Waals surface area contributed by atoms with E-state index in [1.54, 1.807) is 31.5 Å². The minimum atomic E-state index is -0.594. The first-order valence-corrected chi connectivity index (χ1v) is 11.4. The number of aryl methyl sites for hydroxylation is 2. The first-order valence-electron chi connectivity index (χ1n) is 11.4. The first-order chi connectivity index (χ1) is 16.3. The van der Waals surface area contributed by atoms with Crippen molar-refractivity contribution in [1.29, 1.82) is 0 Å². The van der Waals surface area contributed by atoms with Gasteiger partial charge >= 0.3 is 0 Å². The maximum absolute atomic E-state index is 14.8. The van der Waals surface area contributed by atoms with Gasteiger partial charge in [-0.25, -0.2) is 14.4 Å². The third kappa shape index (κ3) is 3.87. The zero-order valence-electron chi connectivity index (χ0n) is 19.6. The summed E-state index contributed by atoms with van der Waals surface area (Å²) in [5.41, 5.74) is 2.86. The molecule has 1 N–H and O–H groups in total. The van der Waals surface area contributed by atoms with E-state index in [-0.39, 0.29) is 11.5 Å². The maximum Gasteiger partial charge on any atom is 0.259 e. The van der Waals surface area contributed by atoms with E-state index >= 15 is 0 Å². The van der Waals surface area contributed by atoms with Crippen LogP contribution in [0.3, 0.4) is 0 Å². The number of anilines is 1. The highest BCUT2D eigenvalue weighted by molar-refractivity contribution is 6.04. The highest BCUT2D eigenvalue weighted by Crippen LogP contribution is 2.30. The van der Waals surface area contributed by atoms with Gasteiger partial charge in [0.15, 0.2) is 5.82 Å². The van der Waals surface area contributed by atoms with Crippen molar-refractivity contribution in [2.75, 3.05) is 5.32 Å². The number of aromatic nitrogens is 6. The first kappa shape index (κ1) is 21.9. The molecule has 5 rings (SSSR count). The van der Waals surface area contributed by atoms with Crippen LogP contribution in [0.25, 0.3) is 17.2 Å². The van der Waals surface area contributed by atoms with Gasteiger partial charge in [0.05, 0.1) is 23.3 Å². The third-order valence-electron chi connectivity index (χ3n) is 6.22. The molecule has 3 aromatic heterocycles. The largest absolute Gasteiger partial charge is 0.307 e. The van der Waals surface area contributed by atoms with Crippen LogP contribution in [0.5, 0.6) is 0 Å². The van der Waals surface area contributed by atoms with Crippen molar-refractivity contribution in [3.05, 3.63) is 71.3 Å². The molecule has 1 aliphatic heterocycles. The van der Waals surface area contributed by atoms with Gasteiger partial charge in [0, 0.05) is 18.7 Å². The van der Waals surface area contributed by atoms with Crippen LogP contribution >= 0.6 is 0 Å². The molecular formula is C25H26FN7O. The number of fused-ring (bicyclic) bond motifs is 1. The molecule has 0 fully saturated rings. The second-order valence-corrected chi connectivity index (χ2v) is 9.04. The molecule has 4 aromatic rings. The molecule has 0 aliphatic carbocycles. The van der Waals surface area contributed by atoms with Gasteiger partial charge in [-0.1, -0.05) is 19.9 Å². The van der Waals surface area contributed by atoms with E-state index in [0.717, 1.165) is 24.4 Å². The van der Waals surface area contributed by atoms with Gasteiger partial charge in [0.2, 0.25) is 0 Å². The highest BCUT2D eigenvalue weighted by atomic mass is 19.1. The second-order valence-electron chi connectivity index (χ2n) is 9.04. The molecule has 174 valence electrons. The SMILES string of the molecule is Cc1cc(F)c(C(=O)Nc2cccc(-c3nnc4n3[C@@H](C)CC4)n2)cc1-n1cnc(C(C)C)c1. The van der Waals surface area contributed by atoms with Crippen molar-refractivity contribution >= 4 is 11.7 Å². The Labute approximate surface area is 196 Å². The lowest BCUT2D eigenvalue weighted by Crippen LogP contribution is -2.16. The lowest BCUT2D eigenvalue weighted by Gasteiger charge is -2.12. The Balaban J connectivity index is 1.43. The van der Waals surface area contributed by atoms with Crippen molar-refractivity contribution in [3.8, 4) is 17.2 Å². The molecule has 0 radical (unpaired) electrons. The van der Waals surface area contributed by atoms with E-state index in [1.165, 1.54) is 6.07 Å². The Hall–Kier alpha value is -3.88. The number of benzene rings is 1. The Kier molecular flexibility index (Phi) is 5.47. The fourth-order valence-corrected chi connectivity index (χ4v) is 4.29. The summed E-state index contributed by atoms with van der Waals surface area (Å²) in [6, 6.07) is 8.49. The summed E-state index contributed by atoms with van der Waals surface area (Å²) in [6.45, 7) is 8.03. The number of imidazole rings is 1. The van der Waals surface area contributed by atoms with E-state index in [4.69, 9.17) is 0 Å². The Morgan fingerprint density at radius 1 is 1.24 bits per heavy atom. The summed E-state index contributed by atoms with van der Waals surface area (Å²) in [4.78, 5) is 22.0. The molecule has 0 saturated carbocycles. The van der Waals surface area contributed by atoms with Crippen LogP contribution in [0.4, 0.5) is 10.2 Å². The molecule has 0 saturated heterocycles. The summed E-state index contributed by atoms with van der Waals surface area (Å²) in [7, 11) is 0. The molecule has 1 aromatic carbocycles. The fourth-order valence-electron chi connectivity index (χ4n) is 4.29. The number of amides is 1. The second kappa shape index (κ2) is 8.48. The summed E-state index contributed by atoms with van der Waals surface area (Å²) in [6.07, 6.45) is 5.48. The normalized spacial score (nSPS) is 15.1. The van der Waals surface area contributed by atoms with Gasteiger partial charge < -0.3 is 14.5 Å². The van der Waals surface area contributed by atoms with Crippen LogP contribution < -0.4 is 5.32 Å². The molecule has 0 unspecified atom stereocenters. The monoisotopic (exact) mass is 459 g/mol. The van der Waals surface area contributed by atoms with Crippen molar-refractivity contribution in [1.82, 2.24) is 29.3 Å². The molecular weight excluding hydrogens is 433 g/mol. The number of carbonyl (C=O) groups excluding carboxylic acids is 1. The van der Waals surface area contributed by atoms with E-state index in [2.05, 4.69) is 50.8 Å². The van der Waals surface area contributed by atoms with Crippen LogP contribution in [0, 0.1) is 12.7 Å². The number of hydrogen-bond donors (Lipinski definition) is 1. The zero-order valence-corrected chi connectivity index (χ0v) is 19.6. The van der Waals surface area contributed by atoms with Crippen molar-refractivity contribution < 1.29 is 9.18 Å². The van der Waals surface area contributed by atoms with Crippen LogP contribution in [0.15, 0.2) is 42.9 Å². The molecule has 0 spiro atoms. The predicted octanol–water partition coefficient (Wildman–Crippen LogP) is 4.86. The molecule has 34 heavy (non-hydrogen) atoms. The highest BCUT2D eigenvalue weighted by Gasteiger charge is 2.25. The smallest absolute Gasteiger partial charge is 0.259 e. The molecule has 4 heterocycles. The fraction of sp³-hybridized carbons (Fsp3) is 0.320. The number of nitrogens with one attached hydrogen (secondary N) is 1. The zero-order chi connectivity index (χ0) is 24.0. The summed E-state index contributed by atoms with van der Waals surface area (Å²) in [5.74, 6) is 1.01. The predicted molar refractivity (Wildman–Crippen MR) is 127 cm³/mol. The number of pyridine rings is 1. The van der Waals surface area contributed by atoms with Crippen LogP contribution in [0.1, 0.15) is 66.6 Å². The van der Waals surface area contributed by atoms with Crippen LogP contribution in [0.2, 0.25) is 0 Å². The van der Waals surface area contributed by atoms with E-state index in [9.17, 15) is 9.18 Å². The van der Waals surface area contributed by atoms with Crippen molar-refractivity contribution in [3.63, 3.8) is 0 Å². The standard InChI is InChI=1S/C25H26FN7O/c1-14(2)20-12-32(13-27-20)21-11-17(18(26)10-15(21)3)25(34)29-22-7-5-6-19(28-22)24-31-30-23-9-8-16(4)33(23)24/h5-7,10-14,16H,8-9H2,1-4H3,(H,28,29,34)/t16-/m0/s1. The number of halogens is 1. The average Bonchev–Trinajstić information content (AvgIpc) is 3.52. The minimum absolute atomic E-state index is 0.0652. The molecule has 0 bridgehead atoms. The molecule has 1 atom stereocenters. The number of nitrogens with zero attached hydrogens (tertiary/aromatic N) is 6. The van der Waals surface area contributed by atoms with Crippen molar-refractivity contribution in [2.45, 2.75) is 52.5 Å². The summed E-state index contributed by atoms with van der Waals surface area (Å²) in [5, 5.41) is 11.3. The quantitative estimate of drug-likeness (QED) is 0.460. The van der Waals surface area contributed by atoms with Crippen molar-refractivity contribution in [2.24, 2.45) is 0 Å². The molecule has 8 nitrogen and oxygen atoms in total. The average molecular weight is 460 g/mol. The molecule has 1 amide bonds. The van der Waals surface area contributed by atoms with E-state index < -0.39 is 11.7 Å². The Bertz CT molecular complexity index is 1390. The van der Waals surface area contributed by atoms with Gasteiger partial charge in [-0.05, 0) is 56.0 Å². The van der Waals surface area contributed by atoms with E-state index in [0.29, 0.717) is 34.6 Å². The van der Waals surface area contributed by atoms with Crippen LogP contribution in [-0.2, 0) is 6.42 Å². The summed E-state index contributed by atoms with van der Waals surface area (Å²) < 4.78 is 18.7. The van der Waals surface area contributed by atoms with Gasteiger partial charge in [-0.15, -0.1) is 10.2 Å². The van der Waals surface area contributed by atoms with E-state index in [1.807, 2.05) is 16.8 Å². The summed E-state index contributed by atoms with van der Waals surface area (Å²) >= 11 is 0. The number of carbonyl (C=O) groups is 1. The van der Waals surface area contributed by atoms with Crippen LogP contribution in [-0.4, -0.2) is 35.2 Å². The van der Waals surface area contributed by atoms with Gasteiger partial charge in [-0.2, -0.15) is 0 Å². The van der Waals surface area contributed by atoms with Gasteiger partial charge in [0.1, 0.15) is 23.2 Å². The minimum Gasteiger partial charge on any atom is -0.307 e. The molecule has 1 aliphatic rings. The van der Waals surface area contributed by atoms with Gasteiger partial charge in [-0.3, -0.25) is 4.79 Å². The topological polar surface area (TPSA) is 90.5 Å². The Morgan fingerprint density at radius 2 is 2.06 bits per heavy atom. The lowest BCUT2D eigenvalue weighted by molar-refractivity contribution is 0.102. The van der Waals surface area contributed by atoms with Gasteiger partial charge in [0.25, 0.3) is 5.91 Å².